The second-order valence-corrected chi connectivity index (χ2v) is 11.8. The van der Waals surface area contributed by atoms with E-state index in [1.54, 1.807) is 24.5 Å². The molecule has 0 saturated carbocycles. The van der Waals surface area contributed by atoms with E-state index in [0.29, 0.717) is 35.7 Å². The summed E-state index contributed by atoms with van der Waals surface area (Å²) in [6.45, 7) is 8.98. The van der Waals surface area contributed by atoms with Gasteiger partial charge in [-0.1, -0.05) is 18.1 Å². The van der Waals surface area contributed by atoms with Crippen LogP contribution in [-0.4, -0.2) is 56.2 Å². The summed E-state index contributed by atoms with van der Waals surface area (Å²) in [6, 6.07) is 13.1. The minimum atomic E-state index is -4.59. The monoisotopic (exact) mass is 640 g/mol. The minimum Gasteiger partial charge on any atom is -0.350 e. The Labute approximate surface area is 270 Å². The molecular formula is C35H35F3N8O. The summed E-state index contributed by atoms with van der Waals surface area (Å²) in [6.07, 6.45) is 2.68. The molecule has 9 nitrogen and oxygen atoms in total. The Morgan fingerprint density at radius 1 is 1.04 bits per heavy atom. The third kappa shape index (κ3) is 7.32. The minimum absolute atomic E-state index is 0.0682. The number of nitrogens with zero attached hydrogens (tertiary/aromatic N) is 5. The van der Waals surface area contributed by atoms with Crippen molar-refractivity contribution in [1.29, 1.82) is 0 Å². The molecule has 0 bridgehead atoms. The van der Waals surface area contributed by atoms with Crippen LogP contribution >= 0.6 is 0 Å². The third-order valence-electron chi connectivity index (χ3n) is 8.05. The average molecular weight is 641 g/mol. The van der Waals surface area contributed by atoms with E-state index in [0.717, 1.165) is 36.1 Å². The molecular weight excluding hydrogens is 605 g/mol. The lowest BCUT2D eigenvalue weighted by atomic mass is 10.0. The number of pyridine rings is 1. The van der Waals surface area contributed by atoms with Gasteiger partial charge in [-0.2, -0.15) is 18.3 Å². The van der Waals surface area contributed by atoms with Gasteiger partial charge >= 0.3 is 6.18 Å². The van der Waals surface area contributed by atoms with Gasteiger partial charge < -0.3 is 16.0 Å². The van der Waals surface area contributed by atoms with Crippen molar-refractivity contribution >= 4 is 28.6 Å². The predicted octanol–water partition coefficient (Wildman–Crippen LogP) is 6.24. The van der Waals surface area contributed by atoms with Crippen LogP contribution in [0.5, 0.6) is 0 Å². The van der Waals surface area contributed by atoms with Gasteiger partial charge in [-0.25, -0.2) is 4.98 Å². The van der Waals surface area contributed by atoms with Gasteiger partial charge in [0.2, 0.25) is 0 Å². The number of aryl methyl sites for hydroxylation is 1. The summed E-state index contributed by atoms with van der Waals surface area (Å²) < 4.78 is 45.8. The number of carbonyl (C=O) groups excluding carboxylic acids is 1. The van der Waals surface area contributed by atoms with Crippen molar-refractivity contribution < 1.29 is 18.0 Å². The molecule has 3 N–H and O–H groups in total. The second-order valence-electron chi connectivity index (χ2n) is 11.8. The van der Waals surface area contributed by atoms with Crippen molar-refractivity contribution in [2.45, 2.75) is 39.5 Å². The number of imidazole rings is 1. The molecule has 6 rings (SSSR count). The van der Waals surface area contributed by atoms with Gasteiger partial charge in [-0.3, -0.25) is 18.8 Å². The van der Waals surface area contributed by atoms with Crippen LogP contribution in [-0.2, 0) is 12.7 Å². The van der Waals surface area contributed by atoms with Crippen LogP contribution in [0.3, 0.4) is 0 Å². The molecule has 0 unspecified atom stereocenters. The molecule has 0 radical (unpaired) electrons. The topological polar surface area (TPSA) is 91.5 Å². The van der Waals surface area contributed by atoms with Crippen LogP contribution in [0.2, 0.25) is 0 Å². The van der Waals surface area contributed by atoms with E-state index >= 15 is 0 Å². The third-order valence-corrected chi connectivity index (χ3v) is 8.05. The zero-order chi connectivity index (χ0) is 33.1. The molecule has 242 valence electrons. The first-order chi connectivity index (χ1) is 22.5. The Hall–Kier alpha value is -5.12. The highest BCUT2D eigenvalue weighted by Gasteiger charge is 2.34. The first kappa shape index (κ1) is 31.8. The molecule has 1 saturated heterocycles. The van der Waals surface area contributed by atoms with Crippen molar-refractivity contribution in [3.8, 4) is 11.8 Å². The maximum absolute atomic E-state index is 14.0. The lowest BCUT2D eigenvalue weighted by Crippen LogP contribution is -2.43. The molecule has 0 atom stereocenters. The lowest BCUT2D eigenvalue weighted by molar-refractivity contribution is -0.138. The normalized spacial score (nSPS) is 13.9. The molecule has 0 spiro atoms. The number of halogens is 3. The summed E-state index contributed by atoms with van der Waals surface area (Å²) in [7, 11) is 0. The van der Waals surface area contributed by atoms with Crippen LogP contribution in [0.25, 0.3) is 5.65 Å². The summed E-state index contributed by atoms with van der Waals surface area (Å²) in [4.78, 5) is 19.7. The molecule has 12 heteroatoms. The van der Waals surface area contributed by atoms with Gasteiger partial charge in [0.1, 0.15) is 5.69 Å². The number of aromatic nitrogens is 4. The van der Waals surface area contributed by atoms with E-state index in [9.17, 15) is 18.0 Å². The van der Waals surface area contributed by atoms with Gasteiger partial charge in [-0.05, 0) is 74.2 Å². The molecule has 4 heterocycles. The molecule has 0 aliphatic carbocycles. The largest absolute Gasteiger partial charge is 0.416 e. The number of nitrogens with one attached hydrogen (secondary N) is 3. The molecule has 47 heavy (non-hydrogen) atoms. The van der Waals surface area contributed by atoms with Gasteiger partial charge in [0, 0.05) is 68.0 Å². The maximum Gasteiger partial charge on any atom is 0.416 e. The number of hydrogen-bond donors (Lipinski definition) is 3. The Balaban J connectivity index is 1.20. The smallest absolute Gasteiger partial charge is 0.350 e. The maximum atomic E-state index is 14.0. The number of carbonyl (C=O) groups is 1. The van der Waals surface area contributed by atoms with E-state index in [2.05, 4.69) is 51.7 Å². The van der Waals surface area contributed by atoms with E-state index < -0.39 is 17.6 Å². The number of amides is 1. The molecule has 1 aliphatic rings. The van der Waals surface area contributed by atoms with Crippen molar-refractivity contribution in [1.82, 2.24) is 29.4 Å². The second kappa shape index (κ2) is 13.3. The first-order valence-electron chi connectivity index (χ1n) is 15.4. The zero-order valence-electron chi connectivity index (χ0n) is 26.3. The van der Waals surface area contributed by atoms with Crippen LogP contribution in [0.4, 0.5) is 30.2 Å². The van der Waals surface area contributed by atoms with E-state index in [-0.39, 0.29) is 23.7 Å². The molecule has 2 aromatic carbocycles. The van der Waals surface area contributed by atoms with E-state index in [4.69, 9.17) is 0 Å². The lowest BCUT2D eigenvalue weighted by Gasteiger charge is -2.28. The highest BCUT2D eigenvalue weighted by Crippen LogP contribution is 2.34. The Kier molecular flexibility index (Phi) is 9.02. The van der Waals surface area contributed by atoms with Crippen LogP contribution in [0.15, 0.2) is 73.3 Å². The fraction of sp³-hybridized carbons (Fsp3) is 0.286. The Bertz CT molecular complexity index is 1980. The summed E-state index contributed by atoms with van der Waals surface area (Å²) in [5.41, 5.74) is 4.27. The molecule has 5 aromatic rings. The molecule has 1 fully saturated rings. The summed E-state index contributed by atoms with van der Waals surface area (Å²) in [5, 5.41) is 13.7. The molecule has 3 aromatic heterocycles. The molecule has 1 amide bonds. The van der Waals surface area contributed by atoms with Crippen molar-refractivity contribution in [3.63, 3.8) is 0 Å². The standard InChI is InChI=1S/C35H35F3N8O/c1-23(2)46-22-29(19-41-46)42-32-5-4-14-45-30(20-40-33(32)45)11-9-25-17-28(10-6-24(25)3)43-34(47)26-7-8-27(31(18-26)35(36,37)38)21-44-15-12-39-13-16-44/h4-8,10,14,17-20,22-23,39,42H,12-13,15-16,21H2,1-3H3,(H,43,47). The van der Waals surface area contributed by atoms with Crippen LogP contribution < -0.4 is 16.0 Å². The fourth-order valence-electron chi connectivity index (χ4n) is 5.44. The van der Waals surface area contributed by atoms with Gasteiger partial charge in [-0.15, -0.1) is 0 Å². The summed E-state index contributed by atoms with van der Waals surface area (Å²) >= 11 is 0. The van der Waals surface area contributed by atoms with Crippen molar-refractivity contribution in [2.24, 2.45) is 0 Å². The highest BCUT2D eigenvalue weighted by molar-refractivity contribution is 6.04. The SMILES string of the molecule is Cc1ccc(NC(=O)c2ccc(CN3CCNCC3)c(C(F)(F)F)c2)cc1C#Cc1cnc2c(Nc3cnn(C(C)C)c3)cccn12. The number of piperazine rings is 1. The van der Waals surface area contributed by atoms with Crippen LogP contribution in [0.1, 0.15) is 58.2 Å². The van der Waals surface area contributed by atoms with Gasteiger partial charge in [0.15, 0.2) is 5.65 Å². The number of rotatable bonds is 7. The first-order valence-corrected chi connectivity index (χ1v) is 15.4. The number of hydrogen-bond acceptors (Lipinski definition) is 6. The van der Waals surface area contributed by atoms with Crippen molar-refractivity contribution in [3.05, 3.63) is 107 Å². The Morgan fingerprint density at radius 2 is 1.85 bits per heavy atom. The number of fused-ring (bicyclic) bond motifs is 1. The number of benzene rings is 2. The predicted molar refractivity (Wildman–Crippen MR) is 176 cm³/mol. The van der Waals surface area contributed by atoms with E-state index in [1.807, 2.05) is 51.5 Å². The Morgan fingerprint density at radius 3 is 2.60 bits per heavy atom. The summed E-state index contributed by atoms with van der Waals surface area (Å²) in [5.74, 6) is 5.71. The fourth-order valence-corrected chi connectivity index (χ4v) is 5.44. The van der Waals surface area contributed by atoms with E-state index in [1.165, 1.54) is 12.1 Å². The average Bonchev–Trinajstić information content (AvgIpc) is 3.69. The van der Waals surface area contributed by atoms with Gasteiger partial charge in [0.05, 0.1) is 29.3 Å². The number of alkyl halides is 3. The van der Waals surface area contributed by atoms with Crippen molar-refractivity contribution in [2.75, 3.05) is 36.8 Å². The number of anilines is 3. The molecule has 1 aliphatic heterocycles. The zero-order valence-corrected chi connectivity index (χ0v) is 26.3. The van der Waals surface area contributed by atoms with Crippen LogP contribution in [0, 0.1) is 18.8 Å². The quantitative estimate of drug-likeness (QED) is 0.183. The van der Waals surface area contributed by atoms with Gasteiger partial charge in [0.25, 0.3) is 5.91 Å². The highest BCUT2D eigenvalue weighted by atomic mass is 19.4.